The van der Waals surface area contributed by atoms with Crippen LogP contribution in [0.15, 0.2) is 30.3 Å². The van der Waals surface area contributed by atoms with Crippen molar-refractivity contribution in [3.05, 3.63) is 30.3 Å². The molecule has 0 unspecified atom stereocenters. The van der Waals surface area contributed by atoms with Crippen LogP contribution in [0.25, 0.3) is 0 Å². The first-order valence-corrected chi connectivity index (χ1v) is 7.66. The van der Waals surface area contributed by atoms with E-state index in [1.165, 1.54) is 24.3 Å². The third kappa shape index (κ3) is 20.7. The second-order valence-corrected chi connectivity index (χ2v) is 5.91. The average Bonchev–Trinajstić information content (AvgIpc) is 2.17. The van der Waals surface area contributed by atoms with Crippen molar-refractivity contribution in [2.45, 2.75) is 20.2 Å². The fourth-order valence-corrected chi connectivity index (χ4v) is 0.622. The highest BCUT2D eigenvalue weighted by molar-refractivity contribution is 8.31. The highest BCUT2D eigenvalue weighted by atomic mass is 36.0. The number of hydrogen-bond acceptors (Lipinski definition) is 3. The Balaban J connectivity index is 0. The molecule has 9 heteroatoms. The van der Waals surface area contributed by atoms with Gasteiger partial charge < -0.3 is 4.74 Å². The summed E-state index contributed by atoms with van der Waals surface area (Å²) in [7, 11) is 4.81. The van der Waals surface area contributed by atoms with E-state index in [0.29, 0.717) is 0 Å². The summed E-state index contributed by atoms with van der Waals surface area (Å²) in [6.45, 7) is 4.00. The van der Waals surface area contributed by atoms with Crippen LogP contribution >= 0.6 is 21.4 Å². The van der Waals surface area contributed by atoms with Crippen LogP contribution in [0.4, 0.5) is 13.2 Å². The monoisotopic (exact) mass is 326 g/mol. The van der Waals surface area contributed by atoms with Crippen molar-refractivity contribution in [3.63, 3.8) is 0 Å². The smallest absolute Gasteiger partial charge is 0.406 e. The molecule has 1 aromatic carbocycles. The molecular formula is C9H11Cl2F3O3S. The number of halogens is 5. The first-order valence-electron chi connectivity index (χ1n) is 4.53. The minimum atomic E-state index is -4.60. The van der Waals surface area contributed by atoms with Gasteiger partial charge in [-0.25, -0.2) is 0 Å². The van der Waals surface area contributed by atoms with Gasteiger partial charge in [0.25, 0.3) is 0 Å². The third-order valence-corrected chi connectivity index (χ3v) is 0.977. The molecule has 18 heavy (non-hydrogen) atoms. The van der Waals surface area contributed by atoms with E-state index < -0.39 is 14.6 Å². The molecule has 3 nitrogen and oxygen atoms in total. The molecule has 0 N–H and O–H groups in total. The van der Waals surface area contributed by atoms with E-state index in [9.17, 15) is 13.2 Å². The lowest BCUT2D eigenvalue weighted by Gasteiger charge is -2.07. The van der Waals surface area contributed by atoms with Gasteiger partial charge in [-0.3, -0.25) is 0 Å². The zero-order chi connectivity index (χ0) is 14.8. The van der Waals surface area contributed by atoms with Gasteiger partial charge in [0.2, 0.25) is 0 Å². The van der Waals surface area contributed by atoms with Crippen molar-refractivity contribution in [1.29, 1.82) is 0 Å². The minimum Gasteiger partial charge on any atom is -0.406 e. The predicted octanol–water partition coefficient (Wildman–Crippen LogP) is 4.32. The lowest BCUT2D eigenvalue weighted by molar-refractivity contribution is -0.274. The van der Waals surface area contributed by atoms with Crippen molar-refractivity contribution in [2.24, 2.45) is 0 Å². The fraction of sp³-hybridized carbons (Fsp3) is 0.333. The number of ether oxygens (including phenoxy) is 1. The van der Waals surface area contributed by atoms with E-state index in [4.69, 9.17) is 8.42 Å². The maximum Gasteiger partial charge on any atom is 0.573 e. The van der Waals surface area contributed by atoms with Crippen molar-refractivity contribution >= 4 is 29.6 Å². The topological polar surface area (TPSA) is 43.4 Å². The lowest BCUT2D eigenvalue weighted by atomic mass is 10.3. The molecule has 0 amide bonds. The Labute approximate surface area is 112 Å². The molecule has 0 saturated heterocycles. The molecule has 0 aliphatic carbocycles. The molecule has 0 spiro atoms. The Morgan fingerprint density at radius 2 is 1.39 bits per heavy atom. The van der Waals surface area contributed by atoms with Gasteiger partial charge in [0.05, 0.1) is 0 Å². The molecule has 0 fully saturated rings. The molecular weight excluding hydrogens is 316 g/mol. The Kier molecular flexibility index (Phi) is 10.2. The van der Waals surface area contributed by atoms with Gasteiger partial charge >= 0.3 is 14.6 Å². The molecule has 0 heterocycles. The Hall–Kier alpha value is -0.660. The molecule has 0 bridgehead atoms. The van der Waals surface area contributed by atoms with Crippen molar-refractivity contribution < 1.29 is 26.3 Å². The van der Waals surface area contributed by atoms with E-state index >= 15 is 0 Å². The highest BCUT2D eigenvalue weighted by Gasteiger charge is 2.30. The van der Waals surface area contributed by atoms with Gasteiger partial charge in [0, 0.05) is 21.4 Å². The number of para-hydroxylation sites is 1. The Morgan fingerprint density at radius 3 is 1.67 bits per heavy atom. The number of benzene rings is 1. The fourth-order valence-electron chi connectivity index (χ4n) is 0.622. The first-order chi connectivity index (χ1) is 8.08. The summed E-state index contributed by atoms with van der Waals surface area (Å²) in [5.41, 5.74) is 0. The van der Waals surface area contributed by atoms with Gasteiger partial charge in [-0.15, -0.1) is 13.2 Å². The SMILES string of the molecule is CC.FC(F)(F)Oc1ccccc1.O=S(=O)(Cl)Cl. The van der Waals surface area contributed by atoms with E-state index in [-0.39, 0.29) is 5.75 Å². The molecule has 0 atom stereocenters. The second-order valence-electron chi connectivity index (χ2n) is 2.24. The Bertz CT molecular complexity index is 399. The van der Waals surface area contributed by atoms with E-state index in [0.717, 1.165) is 0 Å². The van der Waals surface area contributed by atoms with Crippen LogP contribution in [0.3, 0.4) is 0 Å². The van der Waals surface area contributed by atoms with E-state index in [1.807, 2.05) is 13.8 Å². The third-order valence-electron chi connectivity index (χ3n) is 0.977. The maximum absolute atomic E-state index is 11.5. The summed E-state index contributed by atoms with van der Waals surface area (Å²) in [6, 6.07) is 7.05. The Morgan fingerprint density at radius 1 is 1.06 bits per heavy atom. The van der Waals surface area contributed by atoms with Gasteiger partial charge in [-0.1, -0.05) is 32.0 Å². The molecule has 1 rings (SSSR count). The summed E-state index contributed by atoms with van der Waals surface area (Å²) in [6.07, 6.45) is -4.60. The highest BCUT2D eigenvalue weighted by Crippen LogP contribution is 2.21. The van der Waals surface area contributed by atoms with Crippen molar-refractivity contribution in [3.8, 4) is 5.75 Å². The normalized spacial score (nSPS) is 10.4. The predicted molar refractivity (Wildman–Crippen MR) is 65.1 cm³/mol. The van der Waals surface area contributed by atoms with Crippen molar-refractivity contribution in [2.75, 3.05) is 0 Å². The largest absolute Gasteiger partial charge is 0.573 e. The molecule has 0 saturated carbocycles. The minimum absolute atomic E-state index is 0.194. The van der Waals surface area contributed by atoms with Crippen LogP contribution in [0.2, 0.25) is 0 Å². The average molecular weight is 327 g/mol. The van der Waals surface area contributed by atoms with Gasteiger partial charge in [0.1, 0.15) is 5.75 Å². The summed E-state index contributed by atoms with van der Waals surface area (Å²) >= 11 is 0. The first kappa shape index (κ1) is 19.7. The summed E-state index contributed by atoms with van der Waals surface area (Å²) in [5, 5.41) is 0. The molecule has 0 radical (unpaired) electrons. The van der Waals surface area contributed by atoms with Gasteiger partial charge in [0.15, 0.2) is 0 Å². The van der Waals surface area contributed by atoms with Gasteiger partial charge in [-0.2, -0.15) is 8.42 Å². The lowest BCUT2D eigenvalue weighted by Crippen LogP contribution is -2.16. The molecule has 0 aliphatic heterocycles. The van der Waals surface area contributed by atoms with Crippen molar-refractivity contribution in [1.82, 2.24) is 0 Å². The standard InChI is InChI=1S/C7H5F3O.C2H6.Cl2O2S/c8-7(9,10)11-6-4-2-1-3-5-6;1-2;1-5(2,3)4/h1-5H;1-2H3;. The van der Waals surface area contributed by atoms with Crippen LogP contribution in [0, 0.1) is 0 Å². The zero-order valence-electron chi connectivity index (χ0n) is 9.41. The molecule has 1 aromatic rings. The van der Waals surface area contributed by atoms with Gasteiger partial charge in [-0.05, 0) is 12.1 Å². The van der Waals surface area contributed by atoms with E-state index in [2.05, 4.69) is 26.1 Å². The number of alkyl halides is 3. The van der Waals surface area contributed by atoms with Crippen LogP contribution in [-0.2, 0) is 8.26 Å². The quantitative estimate of drug-likeness (QED) is 0.722. The molecule has 0 aromatic heterocycles. The number of hydrogen-bond donors (Lipinski definition) is 0. The summed E-state index contributed by atoms with van der Waals surface area (Å²) in [4.78, 5) is 0. The van der Waals surface area contributed by atoms with Crippen LogP contribution < -0.4 is 4.74 Å². The van der Waals surface area contributed by atoms with Crippen LogP contribution in [0.5, 0.6) is 5.75 Å². The second kappa shape index (κ2) is 9.29. The zero-order valence-corrected chi connectivity index (χ0v) is 11.7. The summed E-state index contributed by atoms with van der Waals surface area (Å²) < 4.78 is 56.5. The number of rotatable bonds is 1. The van der Waals surface area contributed by atoms with E-state index in [1.54, 1.807) is 6.07 Å². The maximum atomic E-state index is 11.5. The van der Waals surface area contributed by atoms with Crippen LogP contribution in [-0.4, -0.2) is 14.8 Å². The molecule has 0 aliphatic rings. The van der Waals surface area contributed by atoms with Crippen LogP contribution in [0.1, 0.15) is 13.8 Å². The summed E-state index contributed by atoms with van der Waals surface area (Å²) in [5.74, 6) is -0.194. The molecule has 106 valence electrons.